The van der Waals surface area contributed by atoms with Crippen molar-refractivity contribution >= 4 is 33.1 Å². The van der Waals surface area contributed by atoms with Crippen LogP contribution in [0.5, 0.6) is 0 Å². The van der Waals surface area contributed by atoms with Gasteiger partial charge in [-0.1, -0.05) is 0 Å². The Kier molecular flexibility index (Phi) is 4.45. The summed E-state index contributed by atoms with van der Waals surface area (Å²) in [6.07, 6.45) is 4.53. The first kappa shape index (κ1) is 17.0. The molecule has 0 aliphatic carbocycles. The minimum atomic E-state index is 1.06. The van der Waals surface area contributed by atoms with Gasteiger partial charge in [-0.15, -0.1) is 11.3 Å². The number of rotatable bonds is 3. The molecule has 1 aromatic carbocycles. The van der Waals surface area contributed by atoms with E-state index >= 15 is 0 Å². The summed E-state index contributed by atoms with van der Waals surface area (Å²) >= 11 is 1.77. The van der Waals surface area contributed by atoms with Crippen molar-refractivity contribution in [2.45, 2.75) is 12.8 Å². The summed E-state index contributed by atoms with van der Waals surface area (Å²) in [7, 11) is 2.19. The molecular formula is C21H25N5S. The van der Waals surface area contributed by atoms with Crippen molar-refractivity contribution in [1.82, 2.24) is 14.9 Å². The van der Waals surface area contributed by atoms with Crippen LogP contribution in [0.2, 0.25) is 0 Å². The van der Waals surface area contributed by atoms with E-state index in [4.69, 9.17) is 4.98 Å². The van der Waals surface area contributed by atoms with E-state index in [0.29, 0.717) is 0 Å². The van der Waals surface area contributed by atoms with Gasteiger partial charge in [0.2, 0.25) is 0 Å². The van der Waals surface area contributed by atoms with E-state index in [0.717, 1.165) is 61.2 Å². The summed E-state index contributed by atoms with van der Waals surface area (Å²) in [6.45, 7) is 6.69. The zero-order chi connectivity index (χ0) is 18.2. The standard InChI is InChI=1S/C21H25N5S/c1-24-10-12-25(13-11-24)17-5-6-18-19(14-17)27-21(23-18)16-4-7-20(22-15-16)26-8-2-3-9-26/h4-7,14-15H,2-3,8-13H2,1H3. The summed E-state index contributed by atoms with van der Waals surface area (Å²) in [5.74, 6) is 1.09. The lowest BCUT2D eigenvalue weighted by molar-refractivity contribution is 0.313. The van der Waals surface area contributed by atoms with Crippen molar-refractivity contribution in [3.8, 4) is 10.6 Å². The molecule has 0 N–H and O–H groups in total. The van der Waals surface area contributed by atoms with Gasteiger partial charge in [-0.2, -0.15) is 0 Å². The number of hydrogen-bond donors (Lipinski definition) is 0. The largest absolute Gasteiger partial charge is 0.369 e. The topological polar surface area (TPSA) is 35.5 Å². The average molecular weight is 380 g/mol. The number of pyridine rings is 1. The monoisotopic (exact) mass is 379 g/mol. The molecule has 0 atom stereocenters. The van der Waals surface area contributed by atoms with Gasteiger partial charge in [0.05, 0.1) is 10.2 Å². The maximum absolute atomic E-state index is 4.85. The van der Waals surface area contributed by atoms with Crippen LogP contribution in [0.1, 0.15) is 12.8 Å². The van der Waals surface area contributed by atoms with Crippen molar-refractivity contribution in [3.63, 3.8) is 0 Å². The minimum Gasteiger partial charge on any atom is -0.369 e. The zero-order valence-corrected chi connectivity index (χ0v) is 16.6. The number of nitrogens with zero attached hydrogens (tertiary/aromatic N) is 5. The lowest BCUT2D eigenvalue weighted by atomic mass is 10.2. The van der Waals surface area contributed by atoms with Crippen LogP contribution in [-0.4, -0.2) is 61.2 Å². The first-order chi connectivity index (χ1) is 13.3. The molecule has 140 valence electrons. The molecule has 2 aliphatic rings. The summed E-state index contributed by atoms with van der Waals surface area (Å²) in [4.78, 5) is 16.8. The van der Waals surface area contributed by atoms with Crippen LogP contribution in [0.3, 0.4) is 0 Å². The molecule has 0 saturated carbocycles. The van der Waals surface area contributed by atoms with Crippen LogP contribution in [0.15, 0.2) is 36.5 Å². The first-order valence-corrected chi connectivity index (χ1v) is 10.6. The Bertz CT molecular complexity index is 921. The Labute approximate surface area is 164 Å². The second-order valence-electron chi connectivity index (χ2n) is 7.56. The number of anilines is 2. The van der Waals surface area contributed by atoms with Gasteiger partial charge in [0, 0.05) is 56.7 Å². The Morgan fingerprint density at radius 3 is 2.44 bits per heavy atom. The van der Waals surface area contributed by atoms with E-state index in [1.54, 1.807) is 11.3 Å². The molecule has 0 amide bonds. The fourth-order valence-electron chi connectivity index (χ4n) is 3.94. The highest BCUT2D eigenvalue weighted by molar-refractivity contribution is 7.21. The predicted molar refractivity (Wildman–Crippen MR) is 114 cm³/mol. The Hall–Kier alpha value is -2.18. The molecule has 0 unspecified atom stereocenters. The summed E-state index contributed by atoms with van der Waals surface area (Å²) in [5, 5.41) is 1.06. The Morgan fingerprint density at radius 2 is 1.70 bits per heavy atom. The lowest BCUT2D eigenvalue weighted by Gasteiger charge is -2.34. The van der Waals surface area contributed by atoms with Crippen LogP contribution < -0.4 is 9.80 Å². The Balaban J connectivity index is 1.39. The molecule has 2 aliphatic heterocycles. The Morgan fingerprint density at radius 1 is 0.889 bits per heavy atom. The predicted octanol–water partition coefficient (Wildman–Crippen LogP) is 3.71. The normalized spacial score (nSPS) is 18.6. The van der Waals surface area contributed by atoms with E-state index in [-0.39, 0.29) is 0 Å². The lowest BCUT2D eigenvalue weighted by Crippen LogP contribution is -2.44. The molecular weight excluding hydrogens is 354 g/mol. The van der Waals surface area contributed by atoms with Gasteiger partial charge in [-0.05, 0) is 50.2 Å². The quantitative estimate of drug-likeness (QED) is 0.693. The number of benzene rings is 1. The third-order valence-corrected chi connectivity index (χ3v) is 6.73. The molecule has 0 spiro atoms. The van der Waals surface area contributed by atoms with Crippen LogP contribution in [0.25, 0.3) is 20.8 Å². The molecule has 5 nitrogen and oxygen atoms in total. The SMILES string of the molecule is CN1CCN(c2ccc3nc(-c4ccc(N5CCCC5)nc4)sc3c2)CC1. The van der Waals surface area contributed by atoms with E-state index in [2.05, 4.69) is 57.1 Å². The van der Waals surface area contributed by atoms with Crippen molar-refractivity contribution in [1.29, 1.82) is 0 Å². The molecule has 0 bridgehead atoms. The molecule has 27 heavy (non-hydrogen) atoms. The molecule has 5 rings (SSSR count). The molecule has 2 saturated heterocycles. The molecule has 0 radical (unpaired) electrons. The van der Waals surface area contributed by atoms with Crippen molar-refractivity contribution in [2.75, 3.05) is 56.1 Å². The second kappa shape index (κ2) is 7.09. The van der Waals surface area contributed by atoms with Crippen LogP contribution >= 0.6 is 11.3 Å². The maximum atomic E-state index is 4.85. The van der Waals surface area contributed by atoms with Gasteiger partial charge in [0.15, 0.2) is 0 Å². The summed E-state index contributed by atoms with van der Waals surface area (Å²) < 4.78 is 1.25. The van der Waals surface area contributed by atoms with Crippen molar-refractivity contribution in [2.24, 2.45) is 0 Å². The maximum Gasteiger partial charge on any atom is 0.128 e. The molecule has 6 heteroatoms. The number of likely N-dealkylation sites (N-methyl/N-ethyl adjacent to an activating group) is 1. The highest BCUT2D eigenvalue weighted by Crippen LogP contribution is 2.33. The van der Waals surface area contributed by atoms with Gasteiger partial charge in [-0.25, -0.2) is 9.97 Å². The van der Waals surface area contributed by atoms with Gasteiger partial charge < -0.3 is 14.7 Å². The molecule has 4 heterocycles. The van der Waals surface area contributed by atoms with Crippen LogP contribution in [0.4, 0.5) is 11.5 Å². The molecule has 2 aromatic heterocycles. The van der Waals surface area contributed by atoms with Crippen molar-refractivity contribution in [3.05, 3.63) is 36.5 Å². The van der Waals surface area contributed by atoms with E-state index in [1.165, 1.54) is 23.2 Å². The first-order valence-electron chi connectivity index (χ1n) is 9.82. The molecule has 2 fully saturated rings. The number of aromatic nitrogens is 2. The van der Waals surface area contributed by atoms with Gasteiger partial charge >= 0.3 is 0 Å². The minimum absolute atomic E-state index is 1.06. The van der Waals surface area contributed by atoms with Gasteiger partial charge in [0.1, 0.15) is 10.8 Å². The summed E-state index contributed by atoms with van der Waals surface area (Å²) in [6, 6.07) is 11.0. The number of thiazole rings is 1. The summed E-state index contributed by atoms with van der Waals surface area (Å²) in [5.41, 5.74) is 3.50. The van der Waals surface area contributed by atoms with Gasteiger partial charge in [0.25, 0.3) is 0 Å². The average Bonchev–Trinajstić information content (AvgIpc) is 3.38. The zero-order valence-electron chi connectivity index (χ0n) is 15.8. The van der Waals surface area contributed by atoms with Gasteiger partial charge in [-0.3, -0.25) is 0 Å². The number of piperazine rings is 1. The van der Waals surface area contributed by atoms with E-state index < -0.39 is 0 Å². The van der Waals surface area contributed by atoms with Crippen LogP contribution in [0, 0.1) is 0 Å². The second-order valence-corrected chi connectivity index (χ2v) is 8.59. The highest BCUT2D eigenvalue weighted by Gasteiger charge is 2.16. The highest BCUT2D eigenvalue weighted by atomic mass is 32.1. The number of hydrogen-bond acceptors (Lipinski definition) is 6. The van der Waals surface area contributed by atoms with Crippen molar-refractivity contribution < 1.29 is 0 Å². The van der Waals surface area contributed by atoms with Crippen LogP contribution in [-0.2, 0) is 0 Å². The molecule has 3 aromatic rings. The third kappa shape index (κ3) is 3.39. The van der Waals surface area contributed by atoms with E-state index in [9.17, 15) is 0 Å². The third-order valence-electron chi connectivity index (χ3n) is 5.67. The smallest absolute Gasteiger partial charge is 0.128 e. The van der Waals surface area contributed by atoms with E-state index in [1.807, 2.05) is 6.20 Å². The number of fused-ring (bicyclic) bond motifs is 1. The fraction of sp³-hybridized carbons (Fsp3) is 0.429. The fourth-order valence-corrected chi connectivity index (χ4v) is 4.93.